The number of fused-ring (bicyclic) bond motifs is 1. The predicted molar refractivity (Wildman–Crippen MR) is 107 cm³/mol. The quantitative estimate of drug-likeness (QED) is 0.540. The third kappa shape index (κ3) is 4.47. The molecular weight excluding hydrogens is 462 g/mol. The molecule has 3 aromatic rings. The van der Waals surface area contributed by atoms with E-state index in [0.717, 1.165) is 18.3 Å². The predicted octanol–water partition coefficient (Wildman–Crippen LogP) is 3.67. The number of carboxylic acid groups (broad SMARTS) is 1. The highest BCUT2D eigenvalue weighted by molar-refractivity contribution is 5.94. The average molecular weight is 477 g/mol. The first-order chi connectivity index (χ1) is 16.1. The maximum absolute atomic E-state index is 15.2. The number of aromatic nitrogens is 2. The molecule has 0 spiro atoms. The summed E-state index contributed by atoms with van der Waals surface area (Å²) in [6.45, 7) is 0.0323. The normalized spacial score (nSPS) is 17.3. The molecule has 176 valence electrons. The molecule has 1 aliphatic heterocycles. The molecule has 1 atom stereocenters. The number of nitrogens with one attached hydrogen (secondary N) is 1. The zero-order valence-electron chi connectivity index (χ0n) is 17.1. The molecule has 0 radical (unpaired) electrons. The van der Waals surface area contributed by atoms with Gasteiger partial charge in [0.25, 0.3) is 5.91 Å². The van der Waals surface area contributed by atoms with Crippen LogP contribution < -0.4 is 14.8 Å². The first-order valence-electron chi connectivity index (χ1n) is 9.75. The van der Waals surface area contributed by atoms with Crippen LogP contribution in [-0.2, 0) is 5.54 Å². The van der Waals surface area contributed by atoms with Gasteiger partial charge in [-0.3, -0.25) is 14.8 Å². The molecule has 0 aliphatic carbocycles. The second-order valence-electron chi connectivity index (χ2n) is 7.23. The molecule has 0 saturated heterocycles. The van der Waals surface area contributed by atoms with Crippen molar-refractivity contribution < 1.29 is 41.7 Å². The highest BCUT2D eigenvalue weighted by Gasteiger charge is 2.45. The van der Waals surface area contributed by atoms with Crippen LogP contribution in [-0.4, -0.2) is 39.9 Å². The number of carbonyl (C=O) groups excluding carboxylic acids is 1. The average Bonchev–Trinajstić information content (AvgIpc) is 2.78. The van der Waals surface area contributed by atoms with Gasteiger partial charge in [0.05, 0.1) is 12.2 Å². The van der Waals surface area contributed by atoms with Crippen molar-refractivity contribution >= 4 is 11.9 Å². The van der Waals surface area contributed by atoms with Gasteiger partial charge in [0.1, 0.15) is 34.2 Å². The number of nitrogens with zero attached hydrogens (tertiary/aromatic N) is 2. The Balaban J connectivity index is 1.78. The number of hydrogen-bond donors (Lipinski definition) is 2. The summed E-state index contributed by atoms with van der Waals surface area (Å²) in [7, 11) is 0. The SMILES string of the molecule is O=C(O)c1ccc(C(=O)N[C@]2(c3ccc(OC(F)(F)F)cc3F)CCOc3cccnc32)nc1. The number of benzene rings is 1. The van der Waals surface area contributed by atoms with Crippen molar-refractivity contribution in [3.63, 3.8) is 0 Å². The molecule has 34 heavy (non-hydrogen) atoms. The van der Waals surface area contributed by atoms with Crippen molar-refractivity contribution in [3.05, 3.63) is 83.2 Å². The van der Waals surface area contributed by atoms with Gasteiger partial charge in [-0.25, -0.2) is 9.18 Å². The van der Waals surface area contributed by atoms with Gasteiger partial charge >= 0.3 is 12.3 Å². The van der Waals surface area contributed by atoms with E-state index >= 15 is 4.39 Å². The molecule has 0 unspecified atom stereocenters. The molecule has 2 aromatic heterocycles. The highest BCUT2D eigenvalue weighted by atomic mass is 19.4. The molecule has 0 fully saturated rings. The lowest BCUT2D eigenvalue weighted by molar-refractivity contribution is -0.274. The van der Waals surface area contributed by atoms with Crippen molar-refractivity contribution in [3.8, 4) is 11.5 Å². The van der Waals surface area contributed by atoms with Crippen molar-refractivity contribution in [2.24, 2.45) is 0 Å². The summed E-state index contributed by atoms with van der Waals surface area (Å²) >= 11 is 0. The number of rotatable bonds is 5. The third-order valence-corrected chi connectivity index (χ3v) is 5.11. The summed E-state index contributed by atoms with van der Waals surface area (Å²) in [5.41, 5.74) is -1.96. The molecule has 8 nitrogen and oxygen atoms in total. The summed E-state index contributed by atoms with van der Waals surface area (Å²) in [4.78, 5) is 32.2. The summed E-state index contributed by atoms with van der Waals surface area (Å²) in [5, 5.41) is 11.7. The van der Waals surface area contributed by atoms with Gasteiger partial charge in [-0.2, -0.15) is 0 Å². The van der Waals surface area contributed by atoms with Crippen molar-refractivity contribution in [1.29, 1.82) is 0 Å². The van der Waals surface area contributed by atoms with Crippen LogP contribution in [0.15, 0.2) is 54.9 Å². The topological polar surface area (TPSA) is 111 Å². The number of pyridine rings is 2. The molecule has 0 bridgehead atoms. The van der Waals surface area contributed by atoms with Gasteiger partial charge in [-0.15, -0.1) is 13.2 Å². The van der Waals surface area contributed by atoms with Crippen LogP contribution in [0.1, 0.15) is 38.5 Å². The summed E-state index contributed by atoms with van der Waals surface area (Å²) < 4.78 is 62.2. The summed E-state index contributed by atoms with van der Waals surface area (Å²) in [5.74, 6) is -3.62. The Labute approximate surface area is 189 Å². The smallest absolute Gasteiger partial charge is 0.491 e. The minimum Gasteiger partial charge on any atom is -0.491 e. The number of halogens is 4. The fraction of sp³-hybridized carbons (Fsp3) is 0.182. The molecule has 1 aromatic carbocycles. The van der Waals surface area contributed by atoms with E-state index in [1.807, 2.05) is 0 Å². The lowest BCUT2D eigenvalue weighted by Crippen LogP contribution is -2.51. The van der Waals surface area contributed by atoms with Crippen LogP contribution >= 0.6 is 0 Å². The van der Waals surface area contributed by atoms with Gasteiger partial charge in [0.2, 0.25) is 0 Å². The zero-order chi connectivity index (χ0) is 24.5. The Hall–Kier alpha value is -4.22. The Morgan fingerprint density at radius 2 is 1.94 bits per heavy atom. The number of ether oxygens (including phenoxy) is 2. The van der Waals surface area contributed by atoms with Crippen LogP contribution in [0, 0.1) is 5.82 Å². The van der Waals surface area contributed by atoms with Crippen LogP contribution in [0.3, 0.4) is 0 Å². The fourth-order valence-corrected chi connectivity index (χ4v) is 3.66. The minimum absolute atomic E-state index is 0.00758. The van der Waals surface area contributed by atoms with Gasteiger partial charge in [0.15, 0.2) is 0 Å². The molecule has 4 rings (SSSR count). The Morgan fingerprint density at radius 1 is 1.15 bits per heavy atom. The lowest BCUT2D eigenvalue weighted by Gasteiger charge is -2.39. The van der Waals surface area contributed by atoms with E-state index in [2.05, 4.69) is 20.0 Å². The Bertz CT molecular complexity index is 1250. The molecule has 12 heteroatoms. The number of hydrogen-bond acceptors (Lipinski definition) is 6. The number of carboxylic acids is 1. The first kappa shape index (κ1) is 23.0. The van der Waals surface area contributed by atoms with Crippen molar-refractivity contribution in [2.75, 3.05) is 6.61 Å². The van der Waals surface area contributed by atoms with Gasteiger partial charge in [-0.05, 0) is 36.4 Å². The number of amides is 1. The van der Waals surface area contributed by atoms with Crippen LogP contribution in [0.4, 0.5) is 17.6 Å². The monoisotopic (exact) mass is 477 g/mol. The van der Waals surface area contributed by atoms with E-state index in [4.69, 9.17) is 9.84 Å². The van der Waals surface area contributed by atoms with Crippen molar-refractivity contribution in [1.82, 2.24) is 15.3 Å². The number of carbonyl (C=O) groups is 2. The molecule has 1 amide bonds. The van der Waals surface area contributed by atoms with E-state index in [9.17, 15) is 22.8 Å². The van der Waals surface area contributed by atoms with Crippen LogP contribution in [0.2, 0.25) is 0 Å². The molecule has 1 aliphatic rings. The molecular formula is C22H15F4N3O5. The number of alkyl halides is 3. The Kier molecular flexibility index (Phi) is 5.82. The van der Waals surface area contributed by atoms with Gasteiger partial charge in [-0.1, -0.05) is 0 Å². The van der Waals surface area contributed by atoms with Gasteiger partial charge < -0.3 is 19.9 Å². The molecule has 3 heterocycles. The van der Waals surface area contributed by atoms with E-state index in [-0.39, 0.29) is 41.3 Å². The van der Waals surface area contributed by atoms with Gasteiger partial charge in [0, 0.05) is 30.4 Å². The maximum Gasteiger partial charge on any atom is 0.573 e. The lowest BCUT2D eigenvalue weighted by atomic mass is 9.80. The zero-order valence-corrected chi connectivity index (χ0v) is 17.1. The molecule has 0 saturated carbocycles. The molecule has 2 N–H and O–H groups in total. The second-order valence-corrected chi connectivity index (χ2v) is 7.23. The number of aromatic carboxylic acids is 1. The van der Waals surface area contributed by atoms with E-state index in [1.54, 1.807) is 12.1 Å². The fourth-order valence-electron chi connectivity index (χ4n) is 3.66. The van der Waals surface area contributed by atoms with E-state index in [0.29, 0.717) is 6.07 Å². The van der Waals surface area contributed by atoms with Crippen LogP contribution in [0.5, 0.6) is 11.5 Å². The van der Waals surface area contributed by atoms with E-state index in [1.165, 1.54) is 18.3 Å². The summed E-state index contributed by atoms with van der Waals surface area (Å²) in [6.07, 6.45) is -2.63. The van der Waals surface area contributed by atoms with Crippen LogP contribution in [0.25, 0.3) is 0 Å². The third-order valence-electron chi connectivity index (χ3n) is 5.11. The Morgan fingerprint density at radius 3 is 2.59 bits per heavy atom. The first-order valence-corrected chi connectivity index (χ1v) is 9.75. The second kappa shape index (κ2) is 8.61. The standard InChI is InChI=1S/C22H15F4N3O5/c23-15-10-13(34-22(24,25)26)4-5-14(15)21(7-9-33-17-2-1-8-27-18(17)21)29-19(30)16-6-3-12(11-28-16)20(31)32/h1-6,8,10-11H,7,9H2,(H,29,30)(H,31,32)/t21-/m0/s1. The largest absolute Gasteiger partial charge is 0.573 e. The highest BCUT2D eigenvalue weighted by Crippen LogP contribution is 2.42. The maximum atomic E-state index is 15.2. The van der Waals surface area contributed by atoms with Crippen molar-refractivity contribution in [2.45, 2.75) is 18.3 Å². The summed E-state index contributed by atoms with van der Waals surface area (Å²) in [6, 6.07) is 8.05. The minimum atomic E-state index is -5.01. The van der Waals surface area contributed by atoms with E-state index < -0.39 is 35.3 Å².